The van der Waals surface area contributed by atoms with Crippen molar-refractivity contribution in [2.24, 2.45) is 5.92 Å². The summed E-state index contributed by atoms with van der Waals surface area (Å²) in [5, 5.41) is 12.4. The van der Waals surface area contributed by atoms with Gasteiger partial charge in [-0.1, -0.05) is 32.8 Å². The highest BCUT2D eigenvalue weighted by atomic mass is 16.5. The summed E-state index contributed by atoms with van der Waals surface area (Å²) < 4.78 is 11.0. The van der Waals surface area contributed by atoms with Gasteiger partial charge in [-0.25, -0.2) is 0 Å². The van der Waals surface area contributed by atoms with Crippen molar-refractivity contribution in [3.8, 4) is 17.6 Å². The van der Waals surface area contributed by atoms with Crippen molar-refractivity contribution in [1.29, 1.82) is 5.26 Å². The number of nitrogens with one attached hydrogen (secondary N) is 1. The van der Waals surface area contributed by atoms with Crippen LogP contribution in [0.15, 0.2) is 23.8 Å². The summed E-state index contributed by atoms with van der Waals surface area (Å²) in [5.41, 5.74) is 0.834. The molecule has 1 saturated carbocycles. The van der Waals surface area contributed by atoms with Crippen LogP contribution in [-0.2, 0) is 4.79 Å². The number of hydrogen-bond donors (Lipinski definition) is 1. The van der Waals surface area contributed by atoms with Gasteiger partial charge in [-0.05, 0) is 49.0 Å². The van der Waals surface area contributed by atoms with Crippen LogP contribution in [0.4, 0.5) is 0 Å². The molecule has 1 aliphatic carbocycles. The molecule has 0 aliphatic heterocycles. The van der Waals surface area contributed by atoms with Gasteiger partial charge in [0.25, 0.3) is 5.91 Å². The third-order valence-corrected chi connectivity index (χ3v) is 4.75. The molecule has 1 aromatic carbocycles. The lowest BCUT2D eigenvalue weighted by Gasteiger charge is -2.29. The predicted octanol–water partition coefficient (Wildman–Crippen LogP) is 4.09. The third kappa shape index (κ3) is 5.26. The van der Waals surface area contributed by atoms with Crippen LogP contribution in [0.2, 0.25) is 0 Å². The number of amides is 1. The Hall–Kier alpha value is -2.48. The molecule has 0 heterocycles. The molecule has 1 amide bonds. The van der Waals surface area contributed by atoms with E-state index in [0.29, 0.717) is 24.0 Å². The largest absolute Gasteiger partial charge is 0.493 e. The third-order valence-electron chi connectivity index (χ3n) is 4.75. The van der Waals surface area contributed by atoms with E-state index < -0.39 is 0 Å². The lowest BCUT2D eigenvalue weighted by atomic mass is 9.86. The van der Waals surface area contributed by atoms with Gasteiger partial charge in [-0.2, -0.15) is 5.26 Å². The van der Waals surface area contributed by atoms with Crippen LogP contribution in [0.25, 0.3) is 6.08 Å². The van der Waals surface area contributed by atoms with Gasteiger partial charge in [0.2, 0.25) is 0 Å². The van der Waals surface area contributed by atoms with Gasteiger partial charge < -0.3 is 14.8 Å². The normalized spacial score (nSPS) is 20.2. The highest BCUT2D eigenvalue weighted by Gasteiger charge is 2.24. The quantitative estimate of drug-likeness (QED) is 0.590. The minimum Gasteiger partial charge on any atom is -0.493 e. The first-order valence-corrected chi connectivity index (χ1v) is 9.32. The van der Waals surface area contributed by atoms with Crippen LogP contribution in [0.5, 0.6) is 11.5 Å². The lowest BCUT2D eigenvalue weighted by Crippen LogP contribution is -2.41. The molecule has 1 fully saturated rings. The Morgan fingerprint density at radius 2 is 2.12 bits per heavy atom. The van der Waals surface area contributed by atoms with Crippen LogP contribution in [0.3, 0.4) is 0 Å². The van der Waals surface area contributed by atoms with Gasteiger partial charge in [-0.15, -0.1) is 0 Å². The summed E-state index contributed by atoms with van der Waals surface area (Å²) in [6.45, 7) is 4.80. The first kappa shape index (κ1) is 19.8. The van der Waals surface area contributed by atoms with Crippen molar-refractivity contribution in [3.63, 3.8) is 0 Å². The van der Waals surface area contributed by atoms with E-state index in [-0.39, 0.29) is 17.5 Å². The molecule has 0 unspecified atom stereocenters. The molecule has 1 aliphatic rings. The molecule has 2 rings (SSSR count). The molecule has 1 N–H and O–H groups in total. The maximum atomic E-state index is 12.5. The van der Waals surface area contributed by atoms with Crippen molar-refractivity contribution in [3.05, 3.63) is 29.3 Å². The Kier molecular flexibility index (Phi) is 7.53. The molecular weight excluding hydrogens is 328 g/mol. The summed E-state index contributed by atoms with van der Waals surface area (Å²) in [6, 6.07) is 7.56. The molecule has 0 aromatic heterocycles. The predicted molar refractivity (Wildman–Crippen MR) is 102 cm³/mol. The maximum Gasteiger partial charge on any atom is 0.262 e. The molecule has 2 atom stereocenters. The number of carbonyl (C=O) groups is 1. The summed E-state index contributed by atoms with van der Waals surface area (Å²) in [6.07, 6.45) is 6.92. The molecule has 1 aromatic rings. The minimum atomic E-state index is -0.309. The second-order valence-electron chi connectivity index (χ2n) is 6.77. The van der Waals surface area contributed by atoms with Crippen molar-refractivity contribution >= 4 is 12.0 Å². The summed E-state index contributed by atoms with van der Waals surface area (Å²) in [7, 11) is 1.57. The molecule has 0 saturated heterocycles. The molecule has 5 nitrogen and oxygen atoms in total. The Morgan fingerprint density at radius 1 is 1.35 bits per heavy atom. The second-order valence-corrected chi connectivity index (χ2v) is 6.77. The molecular formula is C21H28N2O3. The first-order valence-electron chi connectivity index (χ1n) is 9.32. The molecule has 0 bridgehead atoms. The lowest BCUT2D eigenvalue weighted by molar-refractivity contribution is -0.118. The average molecular weight is 356 g/mol. The summed E-state index contributed by atoms with van der Waals surface area (Å²) in [4.78, 5) is 12.5. The zero-order chi connectivity index (χ0) is 18.9. The highest BCUT2D eigenvalue weighted by Crippen LogP contribution is 2.29. The zero-order valence-corrected chi connectivity index (χ0v) is 15.9. The van der Waals surface area contributed by atoms with Crippen LogP contribution in [-0.4, -0.2) is 25.7 Å². The van der Waals surface area contributed by atoms with E-state index in [9.17, 15) is 10.1 Å². The number of nitrogens with zero attached hydrogens (tertiary/aromatic N) is 1. The molecule has 0 spiro atoms. The SMILES string of the molecule is CCCOc1ccc(/C=C(\C#N)C(=O)N[C@@H]2CCCC[C@@H]2C)cc1OC. The van der Waals surface area contributed by atoms with Crippen LogP contribution < -0.4 is 14.8 Å². The monoisotopic (exact) mass is 356 g/mol. The fourth-order valence-electron chi connectivity index (χ4n) is 3.20. The number of benzene rings is 1. The zero-order valence-electron chi connectivity index (χ0n) is 15.9. The first-order chi connectivity index (χ1) is 12.6. The van der Waals surface area contributed by atoms with Crippen LogP contribution in [0, 0.1) is 17.2 Å². The van der Waals surface area contributed by atoms with Crippen LogP contribution >= 0.6 is 0 Å². The summed E-state index contributed by atoms with van der Waals surface area (Å²) >= 11 is 0. The van der Waals surface area contributed by atoms with E-state index in [2.05, 4.69) is 12.2 Å². The van der Waals surface area contributed by atoms with Crippen molar-refractivity contribution in [2.75, 3.05) is 13.7 Å². The number of ether oxygens (including phenoxy) is 2. The van der Waals surface area contributed by atoms with E-state index in [4.69, 9.17) is 9.47 Å². The highest BCUT2D eigenvalue weighted by molar-refractivity contribution is 6.01. The average Bonchev–Trinajstić information content (AvgIpc) is 2.66. The Labute approximate surface area is 156 Å². The Morgan fingerprint density at radius 3 is 2.77 bits per heavy atom. The van der Waals surface area contributed by atoms with Gasteiger partial charge in [0.15, 0.2) is 11.5 Å². The fraction of sp³-hybridized carbons (Fsp3) is 0.524. The van der Waals surface area contributed by atoms with E-state index in [1.165, 1.54) is 6.42 Å². The molecule has 5 heteroatoms. The number of nitriles is 1. The number of rotatable bonds is 7. The topological polar surface area (TPSA) is 71.3 Å². The standard InChI is InChI=1S/C21H28N2O3/c1-4-11-26-19-10-9-16(13-20(19)25-3)12-17(14-22)21(24)23-18-8-6-5-7-15(18)2/h9-10,12-13,15,18H,4-8,11H2,1-3H3,(H,23,24)/b17-12+/t15-,18+/m0/s1. The number of carbonyl (C=O) groups excluding carboxylic acids is 1. The van der Waals surface area contributed by atoms with E-state index in [1.807, 2.05) is 19.1 Å². The van der Waals surface area contributed by atoms with Gasteiger partial charge in [0, 0.05) is 6.04 Å². The minimum absolute atomic E-state index is 0.104. The number of hydrogen-bond acceptors (Lipinski definition) is 4. The Balaban J connectivity index is 2.14. The van der Waals surface area contributed by atoms with E-state index in [1.54, 1.807) is 25.3 Å². The Bertz CT molecular complexity index is 691. The smallest absolute Gasteiger partial charge is 0.262 e. The molecule has 0 radical (unpaired) electrons. The summed E-state index contributed by atoms with van der Waals surface area (Å²) in [5.74, 6) is 1.38. The molecule has 140 valence electrons. The number of methoxy groups -OCH3 is 1. The van der Waals surface area contributed by atoms with Gasteiger partial charge >= 0.3 is 0 Å². The van der Waals surface area contributed by atoms with Crippen molar-refractivity contribution < 1.29 is 14.3 Å². The van der Waals surface area contributed by atoms with Crippen LogP contribution in [0.1, 0.15) is 51.5 Å². The van der Waals surface area contributed by atoms with Crippen molar-refractivity contribution in [2.45, 2.75) is 52.0 Å². The fourth-order valence-corrected chi connectivity index (χ4v) is 3.20. The second kappa shape index (κ2) is 9.86. The van der Waals surface area contributed by atoms with E-state index in [0.717, 1.165) is 31.2 Å². The maximum absolute atomic E-state index is 12.5. The van der Waals surface area contributed by atoms with Crippen molar-refractivity contribution in [1.82, 2.24) is 5.32 Å². The van der Waals surface area contributed by atoms with Gasteiger partial charge in [0.1, 0.15) is 11.6 Å². The van der Waals surface area contributed by atoms with Gasteiger partial charge in [-0.3, -0.25) is 4.79 Å². The molecule has 26 heavy (non-hydrogen) atoms. The van der Waals surface area contributed by atoms with Gasteiger partial charge in [0.05, 0.1) is 13.7 Å². The van der Waals surface area contributed by atoms with E-state index >= 15 is 0 Å².